The fourth-order valence-electron chi connectivity index (χ4n) is 1.98. The Morgan fingerprint density at radius 3 is 2.83 bits per heavy atom. The standard InChI is InChI=1S/C14H17BrN2S/c1-10-8-12(3-4-13(10)15)14(17-16)5-2-11-6-7-18-9-11/h3-4,6-9,14,17H,2,5,16H2,1H3. The van der Waals surface area contributed by atoms with Gasteiger partial charge in [0, 0.05) is 10.5 Å². The van der Waals surface area contributed by atoms with E-state index in [0.717, 1.165) is 17.3 Å². The highest BCUT2D eigenvalue weighted by molar-refractivity contribution is 9.10. The SMILES string of the molecule is Cc1cc(C(CCc2ccsc2)NN)ccc1Br. The predicted octanol–water partition coefficient (Wildman–Crippen LogP) is 3.96. The van der Waals surface area contributed by atoms with Crippen molar-refractivity contribution >= 4 is 27.3 Å². The van der Waals surface area contributed by atoms with E-state index in [1.54, 1.807) is 11.3 Å². The third-order valence-corrected chi connectivity index (χ3v) is 4.71. The molecule has 1 aromatic carbocycles. The molecule has 0 bridgehead atoms. The molecule has 1 heterocycles. The zero-order valence-corrected chi connectivity index (χ0v) is 12.7. The lowest BCUT2D eigenvalue weighted by Gasteiger charge is -2.17. The lowest BCUT2D eigenvalue weighted by molar-refractivity contribution is 0.516. The van der Waals surface area contributed by atoms with E-state index in [1.807, 2.05) is 0 Å². The Labute approximate surface area is 120 Å². The first-order chi connectivity index (χ1) is 8.70. The van der Waals surface area contributed by atoms with Gasteiger partial charge in [-0.3, -0.25) is 11.3 Å². The normalized spacial score (nSPS) is 12.6. The summed E-state index contributed by atoms with van der Waals surface area (Å²) >= 11 is 5.26. The van der Waals surface area contributed by atoms with Gasteiger partial charge in [-0.15, -0.1) is 0 Å². The second-order valence-electron chi connectivity index (χ2n) is 4.40. The minimum absolute atomic E-state index is 0.205. The van der Waals surface area contributed by atoms with Crippen molar-refractivity contribution in [3.8, 4) is 0 Å². The maximum absolute atomic E-state index is 5.67. The van der Waals surface area contributed by atoms with Gasteiger partial charge in [0.15, 0.2) is 0 Å². The van der Waals surface area contributed by atoms with Crippen molar-refractivity contribution in [2.24, 2.45) is 5.84 Å². The molecule has 2 nitrogen and oxygen atoms in total. The molecule has 0 radical (unpaired) electrons. The first-order valence-electron chi connectivity index (χ1n) is 5.94. The Morgan fingerprint density at radius 1 is 1.39 bits per heavy atom. The number of hydrogen-bond acceptors (Lipinski definition) is 3. The van der Waals surface area contributed by atoms with Crippen molar-refractivity contribution in [3.63, 3.8) is 0 Å². The minimum atomic E-state index is 0.205. The summed E-state index contributed by atoms with van der Waals surface area (Å²) < 4.78 is 1.14. The van der Waals surface area contributed by atoms with Crippen LogP contribution in [0.1, 0.15) is 29.2 Å². The fraction of sp³-hybridized carbons (Fsp3) is 0.286. The number of hydrogen-bond donors (Lipinski definition) is 2. The van der Waals surface area contributed by atoms with Gasteiger partial charge in [0.25, 0.3) is 0 Å². The van der Waals surface area contributed by atoms with Gasteiger partial charge in [-0.1, -0.05) is 28.1 Å². The second kappa shape index (κ2) is 6.48. The van der Waals surface area contributed by atoms with Crippen LogP contribution in [0, 0.1) is 6.92 Å². The van der Waals surface area contributed by atoms with E-state index in [1.165, 1.54) is 16.7 Å². The summed E-state index contributed by atoms with van der Waals surface area (Å²) in [6.45, 7) is 2.10. The number of nitrogens with two attached hydrogens (primary N) is 1. The molecule has 0 fully saturated rings. The average molecular weight is 325 g/mol. The third-order valence-electron chi connectivity index (χ3n) is 3.09. The molecule has 0 aliphatic rings. The van der Waals surface area contributed by atoms with E-state index >= 15 is 0 Å². The van der Waals surface area contributed by atoms with E-state index in [4.69, 9.17) is 5.84 Å². The number of rotatable bonds is 5. The second-order valence-corrected chi connectivity index (χ2v) is 6.03. The van der Waals surface area contributed by atoms with Gasteiger partial charge in [0.05, 0.1) is 0 Å². The highest BCUT2D eigenvalue weighted by Gasteiger charge is 2.10. The van der Waals surface area contributed by atoms with Crippen LogP contribution in [-0.2, 0) is 6.42 Å². The first kappa shape index (κ1) is 13.7. The maximum Gasteiger partial charge on any atom is 0.0463 e. The summed E-state index contributed by atoms with van der Waals surface area (Å²) in [5.74, 6) is 5.67. The van der Waals surface area contributed by atoms with Crippen molar-refractivity contribution < 1.29 is 0 Å². The zero-order chi connectivity index (χ0) is 13.0. The monoisotopic (exact) mass is 324 g/mol. The quantitative estimate of drug-likeness (QED) is 0.645. The van der Waals surface area contributed by atoms with Crippen molar-refractivity contribution in [2.75, 3.05) is 0 Å². The van der Waals surface area contributed by atoms with Gasteiger partial charge in [0.2, 0.25) is 0 Å². The van der Waals surface area contributed by atoms with Gasteiger partial charge in [-0.05, 0) is 59.3 Å². The summed E-state index contributed by atoms with van der Waals surface area (Å²) in [7, 11) is 0. The molecule has 0 saturated carbocycles. The first-order valence-corrected chi connectivity index (χ1v) is 7.67. The molecule has 2 aromatic rings. The van der Waals surface area contributed by atoms with Crippen LogP contribution >= 0.6 is 27.3 Å². The molecular weight excluding hydrogens is 308 g/mol. The van der Waals surface area contributed by atoms with Crippen LogP contribution in [0.15, 0.2) is 39.5 Å². The molecule has 0 amide bonds. The van der Waals surface area contributed by atoms with E-state index in [0.29, 0.717) is 0 Å². The highest BCUT2D eigenvalue weighted by atomic mass is 79.9. The van der Waals surface area contributed by atoms with Crippen molar-refractivity contribution in [1.82, 2.24) is 5.43 Å². The summed E-state index contributed by atoms with van der Waals surface area (Å²) in [5, 5.41) is 4.31. The number of thiophene rings is 1. The van der Waals surface area contributed by atoms with Gasteiger partial charge in [-0.2, -0.15) is 11.3 Å². The molecule has 0 aliphatic heterocycles. The summed E-state index contributed by atoms with van der Waals surface area (Å²) in [6.07, 6.45) is 2.06. The van der Waals surface area contributed by atoms with Crippen molar-refractivity contribution in [2.45, 2.75) is 25.8 Å². The average Bonchev–Trinajstić information content (AvgIpc) is 2.87. The van der Waals surface area contributed by atoms with Gasteiger partial charge in [-0.25, -0.2) is 0 Å². The number of benzene rings is 1. The van der Waals surface area contributed by atoms with Crippen LogP contribution < -0.4 is 11.3 Å². The molecule has 0 saturated heterocycles. The Kier molecular flexibility index (Phi) is 4.95. The molecule has 4 heteroatoms. The van der Waals surface area contributed by atoms with E-state index in [-0.39, 0.29) is 6.04 Å². The fourth-order valence-corrected chi connectivity index (χ4v) is 2.93. The minimum Gasteiger partial charge on any atom is -0.271 e. The third kappa shape index (κ3) is 3.42. The van der Waals surface area contributed by atoms with Crippen LogP contribution in [-0.4, -0.2) is 0 Å². The van der Waals surface area contributed by atoms with Crippen LogP contribution in [0.5, 0.6) is 0 Å². The Bertz CT molecular complexity index is 497. The number of halogens is 1. The summed E-state index contributed by atoms with van der Waals surface area (Å²) in [5.41, 5.74) is 6.78. The van der Waals surface area contributed by atoms with Crippen LogP contribution in [0.3, 0.4) is 0 Å². The van der Waals surface area contributed by atoms with Crippen LogP contribution in [0.4, 0.5) is 0 Å². The van der Waals surface area contributed by atoms with Crippen LogP contribution in [0.25, 0.3) is 0 Å². The summed E-state index contributed by atoms with van der Waals surface area (Å²) in [6, 6.07) is 8.76. The summed E-state index contributed by atoms with van der Waals surface area (Å²) in [4.78, 5) is 0. The molecule has 3 N–H and O–H groups in total. The molecular formula is C14H17BrN2S. The van der Waals surface area contributed by atoms with E-state index in [2.05, 4.69) is 63.3 Å². The molecule has 1 aromatic heterocycles. The molecule has 18 heavy (non-hydrogen) atoms. The van der Waals surface area contributed by atoms with Crippen molar-refractivity contribution in [3.05, 3.63) is 56.2 Å². The van der Waals surface area contributed by atoms with E-state index in [9.17, 15) is 0 Å². The Balaban J connectivity index is 2.05. The number of nitrogens with one attached hydrogen (secondary N) is 1. The van der Waals surface area contributed by atoms with Gasteiger partial charge in [0.1, 0.15) is 0 Å². The zero-order valence-electron chi connectivity index (χ0n) is 10.3. The highest BCUT2D eigenvalue weighted by Crippen LogP contribution is 2.24. The van der Waals surface area contributed by atoms with Crippen LogP contribution in [0.2, 0.25) is 0 Å². The smallest absolute Gasteiger partial charge is 0.0463 e. The maximum atomic E-state index is 5.67. The number of aryl methyl sites for hydroxylation is 2. The topological polar surface area (TPSA) is 38.0 Å². The lowest BCUT2D eigenvalue weighted by atomic mass is 9.99. The number of hydrazine groups is 1. The van der Waals surface area contributed by atoms with Gasteiger partial charge < -0.3 is 0 Å². The molecule has 1 atom stereocenters. The predicted molar refractivity (Wildman–Crippen MR) is 81.6 cm³/mol. The lowest BCUT2D eigenvalue weighted by Crippen LogP contribution is -2.28. The van der Waals surface area contributed by atoms with Crippen molar-refractivity contribution in [1.29, 1.82) is 0 Å². The van der Waals surface area contributed by atoms with Gasteiger partial charge >= 0.3 is 0 Å². The van der Waals surface area contributed by atoms with E-state index < -0.39 is 0 Å². The Hall–Kier alpha value is -0.680. The largest absolute Gasteiger partial charge is 0.271 e. The molecule has 1 unspecified atom stereocenters. The Morgan fingerprint density at radius 2 is 2.22 bits per heavy atom. The molecule has 96 valence electrons. The molecule has 2 rings (SSSR count). The molecule has 0 aliphatic carbocycles. The molecule has 0 spiro atoms.